The van der Waals surface area contributed by atoms with Gasteiger partial charge in [-0.3, -0.25) is 0 Å². The van der Waals surface area contributed by atoms with Crippen LogP contribution in [-0.2, 0) is 0 Å². The summed E-state index contributed by atoms with van der Waals surface area (Å²) in [6.07, 6.45) is 4.13. The minimum atomic E-state index is -0.0874. The lowest BCUT2D eigenvalue weighted by Gasteiger charge is -2.13. The summed E-state index contributed by atoms with van der Waals surface area (Å²) < 4.78 is 0. The van der Waals surface area contributed by atoms with Gasteiger partial charge in [-0.1, -0.05) is 12.2 Å². The molecular weight excluding hydrogens is 118 g/mol. The van der Waals surface area contributed by atoms with Gasteiger partial charge in [0.2, 0.25) is 0 Å². The Hall–Kier alpha value is -0.210. The lowest BCUT2D eigenvalue weighted by atomic mass is 10.6. The highest BCUT2D eigenvalue weighted by Gasteiger charge is 2.01. The van der Waals surface area contributed by atoms with E-state index >= 15 is 0 Å². The molecule has 8 heavy (non-hydrogen) atoms. The van der Waals surface area contributed by atoms with Crippen LogP contribution in [0.15, 0.2) is 23.0 Å². The zero-order chi connectivity index (χ0) is 5.98. The summed E-state index contributed by atoms with van der Waals surface area (Å²) in [7, 11) is -0.0874. The zero-order valence-electron chi connectivity index (χ0n) is 4.91. The van der Waals surface area contributed by atoms with Crippen LogP contribution in [0.2, 0.25) is 0 Å². The second kappa shape index (κ2) is 2.37. The third kappa shape index (κ3) is 1.14. The Balaban J connectivity index is 2.49. The third-order valence-corrected chi connectivity index (χ3v) is 3.07. The average Bonchev–Trinajstić information content (AvgIpc) is 2.12. The van der Waals surface area contributed by atoms with E-state index in [1.54, 1.807) is 0 Å². The first-order chi connectivity index (χ1) is 3.80. The molecule has 0 aromatic rings. The van der Waals surface area contributed by atoms with Crippen LogP contribution in [0.3, 0.4) is 0 Å². The molecule has 1 unspecified atom stereocenters. The summed E-state index contributed by atoms with van der Waals surface area (Å²) in [6.45, 7) is 2.05. The Morgan fingerprint density at radius 3 is 2.12 bits per heavy atom. The predicted molar refractivity (Wildman–Crippen MR) is 40.9 cm³/mol. The monoisotopic (exact) mass is 129 g/mol. The molecule has 1 heterocycles. The summed E-state index contributed by atoms with van der Waals surface area (Å²) in [6, 6.07) is 0. The van der Waals surface area contributed by atoms with Gasteiger partial charge in [0.05, 0.1) is 0 Å². The smallest absolute Gasteiger partial charge is 0.0363 e. The molecule has 46 valence electrons. The van der Waals surface area contributed by atoms with Gasteiger partial charge in [0.25, 0.3) is 0 Å². The highest BCUT2D eigenvalue weighted by molar-refractivity contribution is 8.22. The van der Waals surface area contributed by atoms with Gasteiger partial charge in [-0.2, -0.15) is 10.9 Å². The minimum Gasteiger partial charge on any atom is -0.320 e. The highest BCUT2D eigenvalue weighted by Crippen LogP contribution is 2.34. The van der Waals surface area contributed by atoms with Crippen molar-refractivity contribution in [3.05, 3.63) is 23.0 Å². The van der Waals surface area contributed by atoms with E-state index in [9.17, 15) is 0 Å². The van der Waals surface area contributed by atoms with Gasteiger partial charge in [0.15, 0.2) is 0 Å². The quantitative estimate of drug-likeness (QED) is 0.513. The number of nitrogens with two attached hydrogens (primary N) is 1. The van der Waals surface area contributed by atoms with Crippen LogP contribution < -0.4 is 5.73 Å². The van der Waals surface area contributed by atoms with E-state index in [0.29, 0.717) is 5.37 Å². The minimum absolute atomic E-state index is 0.0874. The lowest BCUT2D eigenvalue weighted by molar-refractivity contribution is 1.05. The van der Waals surface area contributed by atoms with Crippen molar-refractivity contribution in [2.45, 2.75) is 12.3 Å². The van der Waals surface area contributed by atoms with Crippen molar-refractivity contribution in [1.82, 2.24) is 0 Å². The molecule has 1 nitrogen and oxygen atoms in total. The Morgan fingerprint density at radius 2 is 1.88 bits per heavy atom. The summed E-state index contributed by atoms with van der Waals surface area (Å²) >= 11 is 0. The van der Waals surface area contributed by atoms with E-state index in [1.165, 1.54) is 0 Å². The standard InChI is InChI=1S/C6H11NS/c1-6(7)8-4-2-3-5-8/h2-6,8H,7H2,1H3. The number of hydrogen-bond acceptors (Lipinski definition) is 1. The summed E-state index contributed by atoms with van der Waals surface area (Å²) in [5.74, 6) is 0. The van der Waals surface area contributed by atoms with Gasteiger partial charge in [-0.25, -0.2) is 0 Å². The van der Waals surface area contributed by atoms with Crippen molar-refractivity contribution in [1.29, 1.82) is 0 Å². The molecule has 0 amide bonds. The maximum atomic E-state index is 5.62. The molecule has 1 aliphatic heterocycles. The fraction of sp³-hybridized carbons (Fsp3) is 0.333. The number of thiol groups is 1. The Kier molecular flexibility index (Phi) is 1.76. The fourth-order valence-corrected chi connectivity index (χ4v) is 1.86. The first-order valence-corrected chi connectivity index (χ1v) is 4.23. The van der Waals surface area contributed by atoms with E-state index in [0.717, 1.165) is 0 Å². The molecule has 2 heteroatoms. The van der Waals surface area contributed by atoms with Crippen LogP contribution >= 0.6 is 10.9 Å². The number of hydrogen-bond donors (Lipinski definition) is 2. The summed E-state index contributed by atoms with van der Waals surface area (Å²) in [5.41, 5.74) is 5.62. The Labute approximate surface area is 52.6 Å². The van der Waals surface area contributed by atoms with Crippen molar-refractivity contribution in [2.75, 3.05) is 0 Å². The molecule has 0 radical (unpaired) electrons. The second-order valence-corrected chi connectivity index (χ2v) is 4.18. The molecule has 0 saturated carbocycles. The van der Waals surface area contributed by atoms with Crippen LogP contribution in [0.5, 0.6) is 0 Å². The first kappa shape index (κ1) is 5.92. The molecule has 1 aliphatic rings. The van der Waals surface area contributed by atoms with Crippen LogP contribution in [0.4, 0.5) is 0 Å². The maximum absolute atomic E-state index is 5.62. The zero-order valence-corrected chi connectivity index (χ0v) is 5.81. The molecule has 0 spiro atoms. The van der Waals surface area contributed by atoms with Crippen molar-refractivity contribution in [2.24, 2.45) is 5.73 Å². The number of allylic oxidation sites excluding steroid dienone is 2. The molecule has 0 fully saturated rings. The van der Waals surface area contributed by atoms with Crippen LogP contribution in [0.1, 0.15) is 6.92 Å². The lowest BCUT2D eigenvalue weighted by Crippen LogP contribution is -2.11. The first-order valence-electron chi connectivity index (χ1n) is 2.69. The van der Waals surface area contributed by atoms with E-state index in [2.05, 4.69) is 23.0 Å². The molecule has 0 aliphatic carbocycles. The largest absolute Gasteiger partial charge is 0.320 e. The van der Waals surface area contributed by atoms with Gasteiger partial charge in [0.1, 0.15) is 0 Å². The molecule has 0 aromatic heterocycles. The van der Waals surface area contributed by atoms with Gasteiger partial charge >= 0.3 is 0 Å². The van der Waals surface area contributed by atoms with E-state index in [1.807, 2.05) is 6.92 Å². The second-order valence-electron chi connectivity index (χ2n) is 1.87. The van der Waals surface area contributed by atoms with Crippen molar-refractivity contribution >= 4 is 10.9 Å². The molecule has 1 rings (SSSR count). The van der Waals surface area contributed by atoms with Crippen LogP contribution in [-0.4, -0.2) is 5.37 Å². The average molecular weight is 129 g/mol. The van der Waals surface area contributed by atoms with Gasteiger partial charge in [0, 0.05) is 5.37 Å². The molecule has 1 atom stereocenters. The van der Waals surface area contributed by atoms with Crippen molar-refractivity contribution in [3.8, 4) is 0 Å². The van der Waals surface area contributed by atoms with E-state index < -0.39 is 0 Å². The van der Waals surface area contributed by atoms with Gasteiger partial charge in [-0.05, 0) is 17.7 Å². The summed E-state index contributed by atoms with van der Waals surface area (Å²) in [5, 5.41) is 4.69. The van der Waals surface area contributed by atoms with Crippen molar-refractivity contribution in [3.63, 3.8) is 0 Å². The maximum Gasteiger partial charge on any atom is 0.0363 e. The van der Waals surface area contributed by atoms with Crippen LogP contribution in [0.25, 0.3) is 0 Å². The molecule has 0 aromatic carbocycles. The van der Waals surface area contributed by atoms with E-state index in [4.69, 9.17) is 5.73 Å². The SMILES string of the molecule is CC(N)[SH]1C=CC=C1. The Bertz CT molecular complexity index is 114. The molecule has 0 bridgehead atoms. The van der Waals surface area contributed by atoms with E-state index in [-0.39, 0.29) is 10.9 Å². The number of rotatable bonds is 1. The van der Waals surface area contributed by atoms with Crippen molar-refractivity contribution < 1.29 is 0 Å². The molecular formula is C6H11NS. The topological polar surface area (TPSA) is 26.0 Å². The van der Waals surface area contributed by atoms with Gasteiger partial charge in [-0.15, -0.1) is 0 Å². The summed E-state index contributed by atoms with van der Waals surface area (Å²) in [4.78, 5) is 0. The van der Waals surface area contributed by atoms with Gasteiger partial charge < -0.3 is 5.73 Å². The fourth-order valence-electron chi connectivity index (χ4n) is 0.619. The molecule has 0 saturated heterocycles. The Morgan fingerprint density at radius 1 is 1.38 bits per heavy atom. The van der Waals surface area contributed by atoms with Crippen LogP contribution in [0, 0.1) is 0 Å². The molecule has 2 N–H and O–H groups in total. The highest BCUT2D eigenvalue weighted by atomic mass is 32.2. The normalized spacial score (nSPS) is 24.5. The third-order valence-electron chi connectivity index (χ3n) is 1.10. The predicted octanol–water partition coefficient (Wildman–Crippen LogP) is 1.33.